The Bertz CT molecular complexity index is 1570. The maximum Gasteiger partial charge on any atom is 0.306 e. The molecule has 6 nitrogen and oxygen atoms in total. The van der Waals surface area contributed by atoms with Crippen LogP contribution >= 0.6 is 0 Å². The predicted molar refractivity (Wildman–Crippen MR) is 339 cm³/mol. The molecule has 0 aromatic heterocycles. The number of esters is 3. The molecule has 1 unspecified atom stereocenters. The first-order valence-electron chi connectivity index (χ1n) is 32.9. The highest BCUT2D eigenvalue weighted by molar-refractivity contribution is 5.71. The average molecular weight is 1080 g/mol. The van der Waals surface area contributed by atoms with Gasteiger partial charge in [-0.05, 0) is 109 Å². The largest absolute Gasteiger partial charge is 0.462 e. The monoisotopic (exact) mass is 1080 g/mol. The lowest BCUT2D eigenvalue weighted by molar-refractivity contribution is -0.166. The first kappa shape index (κ1) is 74.1. The summed E-state index contributed by atoms with van der Waals surface area (Å²) in [7, 11) is 0. The first-order valence-corrected chi connectivity index (χ1v) is 32.9. The molecule has 0 heterocycles. The van der Waals surface area contributed by atoms with E-state index in [4.69, 9.17) is 14.2 Å². The van der Waals surface area contributed by atoms with E-state index in [2.05, 4.69) is 124 Å². The van der Waals surface area contributed by atoms with Gasteiger partial charge in [0.25, 0.3) is 0 Å². The number of carbonyl (C=O) groups is 3. The third-order valence-corrected chi connectivity index (χ3v) is 14.0. The van der Waals surface area contributed by atoms with Crippen LogP contribution in [0.5, 0.6) is 0 Å². The molecule has 0 aliphatic heterocycles. The molecule has 0 aliphatic rings. The summed E-state index contributed by atoms with van der Waals surface area (Å²) in [5.41, 5.74) is 0. The van der Waals surface area contributed by atoms with Crippen molar-refractivity contribution in [1.82, 2.24) is 0 Å². The van der Waals surface area contributed by atoms with Crippen LogP contribution in [-0.4, -0.2) is 37.2 Å². The van der Waals surface area contributed by atoms with Crippen LogP contribution in [0.3, 0.4) is 0 Å². The van der Waals surface area contributed by atoms with Gasteiger partial charge in [-0.25, -0.2) is 0 Å². The van der Waals surface area contributed by atoms with Crippen molar-refractivity contribution in [2.24, 2.45) is 0 Å². The first-order chi connectivity index (χ1) is 38.5. The van der Waals surface area contributed by atoms with E-state index in [1.807, 2.05) is 6.08 Å². The molecule has 0 rings (SSSR count). The molecule has 0 aromatic carbocycles. The van der Waals surface area contributed by atoms with E-state index in [1.54, 1.807) is 0 Å². The number of carbonyl (C=O) groups excluding carboxylic acids is 3. The van der Waals surface area contributed by atoms with Crippen molar-refractivity contribution in [3.05, 3.63) is 109 Å². The minimum absolute atomic E-state index is 0.110. The van der Waals surface area contributed by atoms with E-state index in [0.29, 0.717) is 19.3 Å². The van der Waals surface area contributed by atoms with Crippen molar-refractivity contribution in [2.45, 2.75) is 316 Å². The number of unbranched alkanes of at least 4 members (excludes halogenated alkanes) is 30. The second-order valence-corrected chi connectivity index (χ2v) is 21.6. The molecule has 0 aliphatic carbocycles. The van der Waals surface area contributed by atoms with Crippen LogP contribution in [0.4, 0.5) is 0 Å². The molecule has 0 saturated heterocycles. The topological polar surface area (TPSA) is 78.9 Å². The van der Waals surface area contributed by atoms with Gasteiger partial charge in [0.1, 0.15) is 13.2 Å². The summed E-state index contributed by atoms with van der Waals surface area (Å²) in [4.78, 5) is 38.2. The Morgan fingerprint density at radius 1 is 0.269 bits per heavy atom. The fraction of sp³-hybridized carbons (Fsp3) is 0.708. The fourth-order valence-corrected chi connectivity index (χ4v) is 9.09. The van der Waals surface area contributed by atoms with Gasteiger partial charge in [0.2, 0.25) is 0 Å². The standard InChI is InChI=1S/C72H122O6/c1-4-7-10-13-16-19-22-24-26-28-30-31-32-33-34-35-36-37-38-39-40-41-43-44-46-48-50-53-56-59-62-65-71(74)77-68-69(67-76-70(73)64-61-58-55-52-21-18-15-12-9-6-3)78-72(75)66-63-60-57-54-51-49-47-45-42-29-27-25-23-20-17-14-11-8-5-2/h8,11-12,15,17,20,22,24-25,27-28,30,42,45,49,51,57,60,69H,4-7,9-10,13-14,16,18-19,21,23,26,29,31-41,43-44,46-48,50,52-56,58-59,61-68H2,1-3H3/b11-8-,15-12-,20-17-,24-22-,27-25-,30-28-,45-42-,51-49-,60-57-. The Kier molecular flexibility index (Phi) is 62.3. The minimum atomic E-state index is -0.822. The molecule has 0 bridgehead atoms. The third kappa shape index (κ3) is 62.9. The van der Waals surface area contributed by atoms with Crippen molar-refractivity contribution >= 4 is 17.9 Å². The molecule has 0 aromatic rings. The van der Waals surface area contributed by atoms with Gasteiger partial charge in [-0.2, -0.15) is 0 Å². The van der Waals surface area contributed by atoms with E-state index in [9.17, 15) is 14.4 Å². The zero-order valence-corrected chi connectivity index (χ0v) is 51.2. The van der Waals surface area contributed by atoms with Crippen LogP contribution in [0.1, 0.15) is 310 Å². The number of hydrogen-bond acceptors (Lipinski definition) is 6. The third-order valence-electron chi connectivity index (χ3n) is 14.0. The van der Waals surface area contributed by atoms with Crippen LogP contribution in [0, 0.1) is 0 Å². The Labute approximate surface area is 482 Å². The van der Waals surface area contributed by atoms with Crippen molar-refractivity contribution in [2.75, 3.05) is 13.2 Å². The van der Waals surface area contributed by atoms with Gasteiger partial charge in [0, 0.05) is 19.3 Å². The van der Waals surface area contributed by atoms with Crippen LogP contribution in [0.15, 0.2) is 109 Å². The van der Waals surface area contributed by atoms with Gasteiger partial charge in [-0.1, -0.05) is 291 Å². The van der Waals surface area contributed by atoms with Gasteiger partial charge in [-0.3, -0.25) is 14.4 Å². The number of ether oxygens (including phenoxy) is 3. The molecule has 6 heteroatoms. The summed E-state index contributed by atoms with van der Waals surface area (Å²) in [6.07, 6.45) is 90.0. The van der Waals surface area contributed by atoms with E-state index >= 15 is 0 Å². The van der Waals surface area contributed by atoms with Crippen molar-refractivity contribution < 1.29 is 28.6 Å². The van der Waals surface area contributed by atoms with Crippen molar-refractivity contribution in [1.29, 1.82) is 0 Å². The number of hydrogen-bond donors (Lipinski definition) is 0. The van der Waals surface area contributed by atoms with Gasteiger partial charge in [0.05, 0.1) is 0 Å². The summed E-state index contributed by atoms with van der Waals surface area (Å²) in [5.74, 6) is -1.00. The average Bonchev–Trinajstić information content (AvgIpc) is 3.44. The summed E-state index contributed by atoms with van der Waals surface area (Å²) in [6, 6.07) is 0. The molecule has 0 spiro atoms. The fourth-order valence-electron chi connectivity index (χ4n) is 9.09. The summed E-state index contributed by atoms with van der Waals surface area (Å²) >= 11 is 0. The molecule has 0 saturated carbocycles. The lowest BCUT2D eigenvalue weighted by Crippen LogP contribution is -2.30. The molecule has 446 valence electrons. The Morgan fingerprint density at radius 3 is 0.897 bits per heavy atom. The van der Waals surface area contributed by atoms with Crippen LogP contribution in [0.25, 0.3) is 0 Å². The maximum atomic E-state index is 12.8. The summed E-state index contributed by atoms with van der Waals surface area (Å²) in [5, 5.41) is 0. The Hall–Kier alpha value is -3.93. The number of allylic oxidation sites excluding steroid dienone is 18. The smallest absolute Gasteiger partial charge is 0.306 e. The van der Waals surface area contributed by atoms with E-state index in [1.165, 1.54) is 161 Å². The van der Waals surface area contributed by atoms with Gasteiger partial charge < -0.3 is 14.2 Å². The van der Waals surface area contributed by atoms with Gasteiger partial charge in [-0.15, -0.1) is 0 Å². The molecular formula is C72H122O6. The zero-order chi connectivity index (χ0) is 56.4. The molecule has 0 N–H and O–H groups in total. The van der Waals surface area contributed by atoms with E-state index in [0.717, 1.165) is 103 Å². The second kappa shape index (κ2) is 65.6. The zero-order valence-electron chi connectivity index (χ0n) is 51.2. The van der Waals surface area contributed by atoms with Crippen LogP contribution in [-0.2, 0) is 28.6 Å². The van der Waals surface area contributed by atoms with Crippen molar-refractivity contribution in [3.8, 4) is 0 Å². The minimum Gasteiger partial charge on any atom is -0.462 e. The maximum absolute atomic E-state index is 12.8. The highest BCUT2D eigenvalue weighted by Gasteiger charge is 2.19. The van der Waals surface area contributed by atoms with Crippen molar-refractivity contribution in [3.63, 3.8) is 0 Å². The molecule has 1 atom stereocenters. The number of rotatable bonds is 59. The Morgan fingerprint density at radius 2 is 0.551 bits per heavy atom. The normalized spacial score (nSPS) is 12.8. The Balaban J connectivity index is 4.21. The molecule has 0 amide bonds. The molecule has 78 heavy (non-hydrogen) atoms. The summed E-state index contributed by atoms with van der Waals surface area (Å²) in [6.45, 7) is 6.40. The molecule has 0 fully saturated rings. The molecule has 0 radical (unpaired) electrons. The quantitative estimate of drug-likeness (QED) is 0.0261. The highest BCUT2D eigenvalue weighted by Crippen LogP contribution is 2.17. The van der Waals surface area contributed by atoms with E-state index in [-0.39, 0.29) is 31.6 Å². The van der Waals surface area contributed by atoms with Crippen LogP contribution in [0.2, 0.25) is 0 Å². The lowest BCUT2D eigenvalue weighted by atomic mass is 10.0. The van der Waals surface area contributed by atoms with E-state index < -0.39 is 12.1 Å². The molecular weight excluding hydrogens is 961 g/mol. The summed E-state index contributed by atoms with van der Waals surface area (Å²) < 4.78 is 16.8. The second-order valence-electron chi connectivity index (χ2n) is 21.6. The highest BCUT2D eigenvalue weighted by atomic mass is 16.6. The lowest BCUT2D eigenvalue weighted by Gasteiger charge is -2.18. The van der Waals surface area contributed by atoms with Gasteiger partial charge >= 0.3 is 17.9 Å². The van der Waals surface area contributed by atoms with Crippen LogP contribution < -0.4 is 0 Å². The predicted octanol–water partition coefficient (Wildman–Crippen LogP) is 22.6. The SMILES string of the molecule is CC/C=C\C/C=C\C/C=C\C/C=C\C/C=C\C/C=C\CCC(=O)OC(COC(=O)CCCCCCC/C=C\CCC)COC(=O)CCCCCCCCCCCCCCCCCCCCC/C=C\C/C=C\CCCCCCC. The van der Waals surface area contributed by atoms with Gasteiger partial charge in [0.15, 0.2) is 6.10 Å².